The second kappa shape index (κ2) is 9.16. The highest BCUT2D eigenvalue weighted by atomic mass is 16.5. The van der Waals surface area contributed by atoms with Gasteiger partial charge in [0.15, 0.2) is 0 Å². The monoisotopic (exact) mass is 444 g/mol. The lowest BCUT2D eigenvalue weighted by Gasteiger charge is -2.26. The Hall–Kier alpha value is -4.13. The number of pyridine rings is 1. The van der Waals surface area contributed by atoms with Gasteiger partial charge in [0.25, 0.3) is 11.7 Å². The molecule has 1 fully saturated rings. The number of anilines is 1. The Bertz CT molecular complexity index is 1220. The van der Waals surface area contributed by atoms with Crippen LogP contribution >= 0.6 is 0 Å². The standard InChI is InChI=1S/C26H24N2O5/c1-16(2)33-19-8-6-7-18(15-19)24(29)22-23(17-11-13-27-14-12-17)28(26(31)25(22)30)20-9-4-5-10-21(20)32-3/h4-16,23,29H,1-3H3/b24-22-. The second-order valence-electron chi connectivity index (χ2n) is 7.82. The molecule has 1 amide bonds. The summed E-state index contributed by atoms with van der Waals surface area (Å²) >= 11 is 0. The molecule has 3 aromatic rings. The van der Waals surface area contributed by atoms with E-state index in [1.807, 2.05) is 13.8 Å². The Labute approximate surface area is 191 Å². The van der Waals surface area contributed by atoms with Gasteiger partial charge in [-0.15, -0.1) is 0 Å². The number of amides is 1. The Morgan fingerprint density at radius 3 is 2.45 bits per heavy atom. The van der Waals surface area contributed by atoms with Gasteiger partial charge >= 0.3 is 0 Å². The minimum Gasteiger partial charge on any atom is -0.507 e. The number of para-hydroxylation sites is 2. The number of nitrogens with zero attached hydrogens (tertiary/aromatic N) is 2. The van der Waals surface area contributed by atoms with Crippen LogP contribution < -0.4 is 14.4 Å². The molecule has 0 radical (unpaired) electrons. The summed E-state index contributed by atoms with van der Waals surface area (Å²) in [5.41, 5.74) is 1.43. The van der Waals surface area contributed by atoms with E-state index in [0.29, 0.717) is 28.3 Å². The van der Waals surface area contributed by atoms with Crippen molar-refractivity contribution in [3.05, 3.63) is 89.8 Å². The zero-order valence-corrected chi connectivity index (χ0v) is 18.6. The molecule has 1 atom stereocenters. The number of aromatic nitrogens is 1. The van der Waals surface area contributed by atoms with Crippen LogP contribution in [0.1, 0.15) is 31.0 Å². The third kappa shape index (κ3) is 4.17. The summed E-state index contributed by atoms with van der Waals surface area (Å²) < 4.78 is 11.2. The third-order valence-corrected chi connectivity index (χ3v) is 5.29. The minimum atomic E-state index is -0.862. The van der Waals surface area contributed by atoms with E-state index in [4.69, 9.17) is 9.47 Å². The SMILES string of the molecule is COc1ccccc1N1C(=O)C(=O)/C(=C(\O)c2cccc(OC(C)C)c2)C1c1ccncc1. The first-order valence-corrected chi connectivity index (χ1v) is 10.5. The number of aliphatic hydroxyl groups is 1. The molecule has 0 aliphatic carbocycles. The van der Waals surface area contributed by atoms with Crippen molar-refractivity contribution < 1.29 is 24.2 Å². The Balaban J connectivity index is 1.92. The van der Waals surface area contributed by atoms with Crippen molar-refractivity contribution in [3.63, 3.8) is 0 Å². The van der Waals surface area contributed by atoms with E-state index >= 15 is 0 Å². The van der Waals surface area contributed by atoms with E-state index in [2.05, 4.69) is 4.98 Å². The predicted octanol–water partition coefficient (Wildman–Crippen LogP) is 4.50. The molecule has 2 heterocycles. The smallest absolute Gasteiger partial charge is 0.300 e. The Morgan fingerprint density at radius 1 is 1.03 bits per heavy atom. The number of carbonyl (C=O) groups excluding carboxylic acids is 2. The number of benzene rings is 2. The van der Waals surface area contributed by atoms with E-state index in [-0.39, 0.29) is 17.4 Å². The lowest BCUT2D eigenvalue weighted by Crippen LogP contribution is -2.29. The van der Waals surface area contributed by atoms with Crippen molar-refractivity contribution in [1.82, 2.24) is 4.98 Å². The maximum atomic E-state index is 13.3. The molecule has 33 heavy (non-hydrogen) atoms. The Morgan fingerprint density at radius 2 is 1.76 bits per heavy atom. The van der Waals surface area contributed by atoms with E-state index in [0.717, 1.165) is 0 Å². The topological polar surface area (TPSA) is 89.0 Å². The molecule has 1 N–H and O–H groups in total. The molecule has 7 nitrogen and oxygen atoms in total. The number of ketones is 1. The molecule has 0 saturated carbocycles. The maximum absolute atomic E-state index is 13.3. The molecule has 4 rings (SSSR count). The number of ether oxygens (including phenoxy) is 2. The molecular weight excluding hydrogens is 420 g/mol. The lowest BCUT2D eigenvalue weighted by molar-refractivity contribution is -0.132. The van der Waals surface area contributed by atoms with Gasteiger partial charge in [0.1, 0.15) is 17.3 Å². The van der Waals surface area contributed by atoms with E-state index in [1.54, 1.807) is 73.1 Å². The van der Waals surface area contributed by atoms with Gasteiger partial charge in [0.2, 0.25) is 0 Å². The highest BCUT2D eigenvalue weighted by Gasteiger charge is 2.47. The lowest BCUT2D eigenvalue weighted by atomic mass is 9.95. The molecule has 1 aliphatic heterocycles. The number of methoxy groups -OCH3 is 1. The number of Topliss-reactive ketones (excluding diaryl/α,β-unsaturated/α-hetero) is 1. The van der Waals surface area contributed by atoms with Crippen molar-refractivity contribution >= 4 is 23.1 Å². The molecule has 0 bridgehead atoms. The van der Waals surface area contributed by atoms with E-state index in [1.165, 1.54) is 12.0 Å². The fourth-order valence-electron chi connectivity index (χ4n) is 3.92. The molecule has 2 aromatic carbocycles. The molecule has 1 aliphatic rings. The largest absolute Gasteiger partial charge is 0.507 e. The average molecular weight is 444 g/mol. The van der Waals surface area contributed by atoms with Gasteiger partial charge in [-0.25, -0.2) is 0 Å². The summed E-state index contributed by atoms with van der Waals surface area (Å²) in [7, 11) is 1.50. The summed E-state index contributed by atoms with van der Waals surface area (Å²) in [6, 6.07) is 16.3. The average Bonchev–Trinajstić information content (AvgIpc) is 3.09. The molecule has 1 aromatic heterocycles. The van der Waals surface area contributed by atoms with Crippen molar-refractivity contribution in [1.29, 1.82) is 0 Å². The van der Waals surface area contributed by atoms with Crippen molar-refractivity contribution in [2.75, 3.05) is 12.0 Å². The zero-order chi connectivity index (χ0) is 23.5. The quantitative estimate of drug-likeness (QED) is 0.342. The van der Waals surface area contributed by atoms with Crippen LogP contribution in [0.25, 0.3) is 5.76 Å². The van der Waals surface area contributed by atoms with Gasteiger partial charge in [-0.05, 0) is 55.8 Å². The third-order valence-electron chi connectivity index (χ3n) is 5.29. The molecule has 1 unspecified atom stereocenters. The first-order valence-electron chi connectivity index (χ1n) is 10.5. The fourth-order valence-corrected chi connectivity index (χ4v) is 3.92. The molecule has 0 spiro atoms. The molecule has 1 saturated heterocycles. The van der Waals surface area contributed by atoms with E-state index in [9.17, 15) is 14.7 Å². The van der Waals surface area contributed by atoms with Crippen LogP contribution in [0.15, 0.2) is 78.6 Å². The molecule has 7 heteroatoms. The second-order valence-corrected chi connectivity index (χ2v) is 7.82. The van der Waals surface area contributed by atoms with Gasteiger partial charge in [0, 0.05) is 18.0 Å². The normalized spacial score (nSPS) is 17.5. The highest BCUT2D eigenvalue weighted by molar-refractivity contribution is 6.51. The fraction of sp³-hybridized carbons (Fsp3) is 0.192. The van der Waals surface area contributed by atoms with Gasteiger partial charge < -0.3 is 14.6 Å². The molecule has 168 valence electrons. The maximum Gasteiger partial charge on any atom is 0.300 e. The minimum absolute atomic E-state index is 0.0150. The number of hydrogen-bond acceptors (Lipinski definition) is 6. The number of aliphatic hydroxyl groups excluding tert-OH is 1. The first-order chi connectivity index (χ1) is 15.9. The summed E-state index contributed by atoms with van der Waals surface area (Å²) in [4.78, 5) is 31.9. The van der Waals surface area contributed by atoms with Gasteiger partial charge in [-0.2, -0.15) is 0 Å². The van der Waals surface area contributed by atoms with Gasteiger partial charge in [-0.1, -0.05) is 24.3 Å². The summed E-state index contributed by atoms with van der Waals surface area (Å²) in [6.07, 6.45) is 3.10. The van der Waals surface area contributed by atoms with Crippen LogP contribution in [0.2, 0.25) is 0 Å². The van der Waals surface area contributed by atoms with Gasteiger partial charge in [-0.3, -0.25) is 19.5 Å². The van der Waals surface area contributed by atoms with E-state index < -0.39 is 17.7 Å². The first kappa shape index (κ1) is 22.1. The molecular formula is C26H24N2O5. The van der Waals surface area contributed by atoms with Crippen LogP contribution in [-0.4, -0.2) is 35.0 Å². The number of hydrogen-bond donors (Lipinski definition) is 1. The van der Waals surface area contributed by atoms with Crippen molar-refractivity contribution in [2.24, 2.45) is 0 Å². The van der Waals surface area contributed by atoms with Crippen LogP contribution in [-0.2, 0) is 9.59 Å². The van der Waals surface area contributed by atoms with Gasteiger partial charge in [0.05, 0.1) is 30.5 Å². The zero-order valence-electron chi connectivity index (χ0n) is 18.6. The predicted molar refractivity (Wildman–Crippen MR) is 124 cm³/mol. The number of rotatable bonds is 6. The van der Waals surface area contributed by atoms with Crippen LogP contribution in [0.3, 0.4) is 0 Å². The summed E-state index contributed by atoms with van der Waals surface area (Å²) in [6.45, 7) is 3.80. The van der Waals surface area contributed by atoms with Crippen molar-refractivity contribution in [3.8, 4) is 11.5 Å². The van der Waals surface area contributed by atoms with Crippen LogP contribution in [0.4, 0.5) is 5.69 Å². The van der Waals surface area contributed by atoms with Crippen LogP contribution in [0, 0.1) is 0 Å². The van der Waals surface area contributed by atoms with Crippen LogP contribution in [0.5, 0.6) is 11.5 Å². The number of carbonyl (C=O) groups is 2. The highest BCUT2D eigenvalue weighted by Crippen LogP contribution is 2.44. The Kier molecular flexibility index (Phi) is 6.13. The summed E-state index contributed by atoms with van der Waals surface area (Å²) in [5.74, 6) is -0.825. The van der Waals surface area contributed by atoms with Crippen molar-refractivity contribution in [2.45, 2.75) is 26.0 Å². The summed E-state index contributed by atoms with van der Waals surface area (Å²) in [5, 5.41) is 11.3.